The van der Waals surface area contributed by atoms with Crippen LogP contribution in [0, 0.1) is 6.92 Å². The number of fused-ring (bicyclic) bond motifs is 1. The minimum absolute atomic E-state index is 0.0698. The highest BCUT2D eigenvalue weighted by molar-refractivity contribution is 6.02. The first-order chi connectivity index (χ1) is 7.02. The molecule has 0 heterocycles. The Kier molecular flexibility index (Phi) is 2.18. The Bertz CT molecular complexity index is 435. The van der Waals surface area contributed by atoms with Crippen LogP contribution in [0.25, 0.3) is 0 Å². The summed E-state index contributed by atoms with van der Waals surface area (Å²) in [6.45, 7) is 3.89. The van der Waals surface area contributed by atoms with Gasteiger partial charge in [-0.3, -0.25) is 4.79 Å². The summed E-state index contributed by atoms with van der Waals surface area (Å²) in [6.07, 6.45) is 1.27. The van der Waals surface area contributed by atoms with E-state index in [1.807, 2.05) is 13.8 Å². The maximum absolute atomic E-state index is 11.7. The molecular weight excluding hydrogens is 192 g/mol. The van der Waals surface area contributed by atoms with Gasteiger partial charge in [-0.1, -0.05) is 6.92 Å². The molecule has 1 unspecified atom stereocenters. The van der Waals surface area contributed by atoms with Gasteiger partial charge in [0.05, 0.1) is 5.56 Å². The highest BCUT2D eigenvalue weighted by Gasteiger charge is 2.28. The van der Waals surface area contributed by atoms with E-state index >= 15 is 0 Å². The van der Waals surface area contributed by atoms with Gasteiger partial charge in [0.15, 0.2) is 17.3 Å². The highest BCUT2D eigenvalue weighted by Crippen LogP contribution is 2.42. The fraction of sp³-hybridized carbons (Fsp3) is 0.417. The average molecular weight is 206 g/mol. The lowest BCUT2D eigenvalue weighted by molar-refractivity contribution is 0.0964. The summed E-state index contributed by atoms with van der Waals surface area (Å²) in [5.74, 6) is -0.260. The molecule has 0 saturated carbocycles. The van der Waals surface area contributed by atoms with Crippen LogP contribution in [-0.4, -0.2) is 16.0 Å². The normalized spacial score (nSPS) is 20.1. The van der Waals surface area contributed by atoms with Crippen molar-refractivity contribution in [2.45, 2.75) is 32.6 Å². The molecule has 0 radical (unpaired) electrons. The monoisotopic (exact) mass is 206 g/mol. The Morgan fingerprint density at radius 1 is 1.40 bits per heavy atom. The first-order valence-corrected chi connectivity index (χ1v) is 5.11. The van der Waals surface area contributed by atoms with Crippen LogP contribution in [0.3, 0.4) is 0 Å². The van der Waals surface area contributed by atoms with Crippen molar-refractivity contribution in [1.29, 1.82) is 0 Å². The second kappa shape index (κ2) is 3.26. The van der Waals surface area contributed by atoms with E-state index in [4.69, 9.17) is 0 Å². The molecule has 1 aliphatic carbocycles. The number of Topliss-reactive ketones (excluding diaryl/α,β-unsaturated/α-hetero) is 1. The van der Waals surface area contributed by atoms with E-state index in [9.17, 15) is 15.0 Å². The molecule has 0 aromatic heterocycles. The number of benzene rings is 1. The zero-order valence-corrected chi connectivity index (χ0v) is 8.87. The van der Waals surface area contributed by atoms with Crippen LogP contribution in [0.15, 0.2) is 6.07 Å². The maximum Gasteiger partial charge on any atom is 0.168 e. The first kappa shape index (κ1) is 10.0. The average Bonchev–Trinajstić information content (AvgIpc) is 2.18. The summed E-state index contributed by atoms with van der Waals surface area (Å²) in [7, 11) is 0. The predicted molar refractivity (Wildman–Crippen MR) is 56.5 cm³/mol. The van der Waals surface area contributed by atoms with Gasteiger partial charge in [0.25, 0.3) is 0 Å². The van der Waals surface area contributed by atoms with Crippen LogP contribution in [-0.2, 0) is 0 Å². The summed E-state index contributed by atoms with van der Waals surface area (Å²) >= 11 is 0. The molecule has 0 bridgehead atoms. The SMILES string of the molecule is Cc1cc(O)c(O)c2c1C(C)CCC2=O. The number of hydrogen-bond acceptors (Lipinski definition) is 3. The number of carbonyl (C=O) groups is 1. The Morgan fingerprint density at radius 3 is 2.73 bits per heavy atom. The molecule has 0 amide bonds. The zero-order chi connectivity index (χ0) is 11.2. The van der Waals surface area contributed by atoms with Crippen molar-refractivity contribution >= 4 is 5.78 Å². The molecule has 1 aromatic rings. The van der Waals surface area contributed by atoms with E-state index in [-0.39, 0.29) is 23.2 Å². The molecule has 1 aliphatic rings. The number of aromatic hydroxyl groups is 2. The number of phenolic OH excluding ortho intramolecular Hbond substituents is 2. The van der Waals surface area contributed by atoms with E-state index in [1.165, 1.54) is 6.07 Å². The molecule has 2 rings (SSSR count). The lowest BCUT2D eigenvalue weighted by Crippen LogP contribution is -2.15. The van der Waals surface area contributed by atoms with Crippen molar-refractivity contribution in [2.75, 3.05) is 0 Å². The van der Waals surface area contributed by atoms with E-state index in [2.05, 4.69) is 0 Å². The van der Waals surface area contributed by atoms with Gasteiger partial charge in [-0.25, -0.2) is 0 Å². The molecular formula is C12H14O3. The van der Waals surface area contributed by atoms with E-state index in [1.54, 1.807) is 0 Å². The number of rotatable bonds is 0. The number of ketones is 1. The van der Waals surface area contributed by atoms with E-state index in [0.29, 0.717) is 12.0 Å². The Balaban J connectivity index is 2.76. The van der Waals surface area contributed by atoms with Gasteiger partial charge in [0, 0.05) is 6.42 Å². The van der Waals surface area contributed by atoms with Crippen LogP contribution >= 0.6 is 0 Å². The Labute approximate surface area is 88.4 Å². The zero-order valence-electron chi connectivity index (χ0n) is 8.87. The summed E-state index contributed by atoms with van der Waals surface area (Å²) in [4.78, 5) is 11.7. The molecule has 0 saturated heterocycles. The molecule has 0 spiro atoms. The van der Waals surface area contributed by atoms with Crippen LogP contribution in [0.5, 0.6) is 11.5 Å². The fourth-order valence-electron chi connectivity index (χ4n) is 2.34. The van der Waals surface area contributed by atoms with Gasteiger partial charge >= 0.3 is 0 Å². The molecule has 0 aliphatic heterocycles. The quantitative estimate of drug-likeness (QED) is 0.641. The number of hydrogen-bond donors (Lipinski definition) is 2. The second-order valence-corrected chi connectivity index (χ2v) is 4.21. The standard InChI is InChI=1S/C12H14O3/c1-6-3-4-8(13)11-10(6)7(2)5-9(14)12(11)15/h5-6,14-15H,3-4H2,1-2H3. The second-order valence-electron chi connectivity index (χ2n) is 4.21. The molecule has 80 valence electrons. The largest absolute Gasteiger partial charge is 0.504 e. The molecule has 3 nitrogen and oxygen atoms in total. The van der Waals surface area contributed by atoms with Crippen LogP contribution in [0.4, 0.5) is 0 Å². The summed E-state index contributed by atoms with van der Waals surface area (Å²) < 4.78 is 0. The van der Waals surface area contributed by atoms with Crippen molar-refractivity contribution in [3.63, 3.8) is 0 Å². The van der Waals surface area contributed by atoms with Crippen LogP contribution < -0.4 is 0 Å². The van der Waals surface area contributed by atoms with E-state index in [0.717, 1.165) is 17.5 Å². The minimum Gasteiger partial charge on any atom is -0.504 e. The molecule has 0 fully saturated rings. The third-order valence-electron chi connectivity index (χ3n) is 3.10. The topological polar surface area (TPSA) is 57.5 Å². The number of aryl methyl sites for hydroxylation is 1. The Hall–Kier alpha value is -1.51. The molecule has 1 atom stereocenters. The van der Waals surface area contributed by atoms with E-state index < -0.39 is 0 Å². The fourth-order valence-corrected chi connectivity index (χ4v) is 2.34. The first-order valence-electron chi connectivity index (χ1n) is 5.11. The van der Waals surface area contributed by atoms with Gasteiger partial charge in [-0.05, 0) is 36.5 Å². The van der Waals surface area contributed by atoms with Crippen LogP contribution in [0.1, 0.15) is 47.2 Å². The third kappa shape index (κ3) is 1.39. The van der Waals surface area contributed by atoms with Crippen molar-refractivity contribution in [2.24, 2.45) is 0 Å². The lowest BCUT2D eigenvalue weighted by Gasteiger charge is -2.24. The van der Waals surface area contributed by atoms with Gasteiger partial charge < -0.3 is 10.2 Å². The van der Waals surface area contributed by atoms with Crippen molar-refractivity contribution in [3.05, 3.63) is 22.8 Å². The summed E-state index contributed by atoms with van der Waals surface area (Å²) in [6, 6.07) is 1.52. The number of phenols is 2. The van der Waals surface area contributed by atoms with Gasteiger partial charge in [-0.15, -0.1) is 0 Å². The van der Waals surface area contributed by atoms with Crippen molar-refractivity contribution < 1.29 is 15.0 Å². The van der Waals surface area contributed by atoms with Crippen LogP contribution in [0.2, 0.25) is 0 Å². The van der Waals surface area contributed by atoms with Crippen molar-refractivity contribution in [3.8, 4) is 11.5 Å². The van der Waals surface area contributed by atoms with Gasteiger partial charge in [-0.2, -0.15) is 0 Å². The third-order valence-corrected chi connectivity index (χ3v) is 3.10. The predicted octanol–water partition coefficient (Wildman–Crippen LogP) is 2.49. The van der Waals surface area contributed by atoms with Gasteiger partial charge in [0.2, 0.25) is 0 Å². The van der Waals surface area contributed by atoms with Gasteiger partial charge in [0.1, 0.15) is 0 Å². The van der Waals surface area contributed by atoms with Crippen molar-refractivity contribution in [1.82, 2.24) is 0 Å². The minimum atomic E-state index is -0.257. The highest BCUT2D eigenvalue weighted by atomic mass is 16.3. The number of carbonyl (C=O) groups excluding carboxylic acids is 1. The lowest BCUT2D eigenvalue weighted by atomic mass is 9.80. The molecule has 15 heavy (non-hydrogen) atoms. The smallest absolute Gasteiger partial charge is 0.168 e. The summed E-state index contributed by atoms with van der Waals surface area (Å²) in [5, 5.41) is 19.1. The maximum atomic E-state index is 11.7. The molecule has 1 aromatic carbocycles. The molecule has 3 heteroatoms. The Morgan fingerprint density at radius 2 is 2.07 bits per heavy atom. The molecule has 2 N–H and O–H groups in total. The summed E-state index contributed by atoms with van der Waals surface area (Å²) in [5.41, 5.74) is 2.09.